The maximum absolute atomic E-state index is 11.5. The third-order valence-electron chi connectivity index (χ3n) is 2.66. The monoisotopic (exact) mass is 280 g/mol. The summed E-state index contributed by atoms with van der Waals surface area (Å²) in [5.74, 6) is 0.514. The number of nitrogens with zero attached hydrogens (tertiary/aromatic N) is 2. The third kappa shape index (κ3) is 4.83. The van der Waals surface area contributed by atoms with Crippen LogP contribution in [0.15, 0.2) is 12.3 Å². The minimum atomic E-state index is -0.469. The predicted molar refractivity (Wildman–Crippen MR) is 76.6 cm³/mol. The molecule has 1 rings (SSSR count). The zero-order chi connectivity index (χ0) is 15.1. The van der Waals surface area contributed by atoms with E-state index in [9.17, 15) is 14.9 Å². The summed E-state index contributed by atoms with van der Waals surface area (Å²) in [4.78, 5) is 26.0. The largest absolute Gasteiger partial charge is 0.364 e. The van der Waals surface area contributed by atoms with Gasteiger partial charge < -0.3 is 10.6 Å². The zero-order valence-corrected chi connectivity index (χ0v) is 12.0. The van der Waals surface area contributed by atoms with E-state index in [0.717, 1.165) is 0 Å². The van der Waals surface area contributed by atoms with E-state index in [0.29, 0.717) is 24.6 Å². The first-order chi connectivity index (χ1) is 9.41. The lowest BCUT2D eigenvalue weighted by atomic mass is 10.2. The fourth-order valence-electron chi connectivity index (χ4n) is 1.61. The Morgan fingerprint density at radius 1 is 1.50 bits per heavy atom. The van der Waals surface area contributed by atoms with Gasteiger partial charge >= 0.3 is 5.69 Å². The van der Waals surface area contributed by atoms with Crippen molar-refractivity contribution in [3.8, 4) is 0 Å². The van der Waals surface area contributed by atoms with E-state index in [1.807, 2.05) is 13.8 Å². The smallest absolute Gasteiger partial charge is 0.314 e. The number of carbonyl (C=O) groups excluding carboxylic acids is 1. The Bertz CT molecular complexity index is 489. The Hall–Kier alpha value is -2.18. The number of hydrogen-bond donors (Lipinski definition) is 2. The number of carbonyl (C=O) groups is 1. The molecule has 0 aliphatic rings. The topological polar surface area (TPSA) is 97.2 Å². The van der Waals surface area contributed by atoms with Crippen LogP contribution >= 0.6 is 0 Å². The van der Waals surface area contributed by atoms with Crippen molar-refractivity contribution in [3.63, 3.8) is 0 Å². The number of nitrogens with one attached hydrogen (secondary N) is 2. The lowest BCUT2D eigenvalue weighted by Gasteiger charge is -2.09. The molecule has 0 saturated carbocycles. The van der Waals surface area contributed by atoms with Gasteiger partial charge in [-0.3, -0.25) is 14.9 Å². The molecule has 0 atom stereocenters. The van der Waals surface area contributed by atoms with Crippen LogP contribution in [0, 0.1) is 23.0 Å². The van der Waals surface area contributed by atoms with Crippen LogP contribution in [0.5, 0.6) is 0 Å². The molecule has 2 N–H and O–H groups in total. The number of aromatic nitrogens is 1. The lowest BCUT2D eigenvalue weighted by molar-refractivity contribution is -0.384. The van der Waals surface area contributed by atoms with E-state index in [-0.39, 0.29) is 23.8 Å². The molecule has 7 heteroatoms. The van der Waals surface area contributed by atoms with Crippen LogP contribution in [-0.2, 0) is 4.79 Å². The molecule has 0 spiro atoms. The SMILES string of the molecule is Cc1ccnc(NCCC(=O)NCC(C)C)c1[N+](=O)[O-]. The first-order valence-corrected chi connectivity index (χ1v) is 6.52. The second-order valence-electron chi connectivity index (χ2n) is 4.96. The van der Waals surface area contributed by atoms with Gasteiger partial charge in [0.05, 0.1) is 4.92 Å². The van der Waals surface area contributed by atoms with Gasteiger partial charge in [0.2, 0.25) is 11.7 Å². The second-order valence-corrected chi connectivity index (χ2v) is 4.96. The number of anilines is 1. The average molecular weight is 280 g/mol. The van der Waals surface area contributed by atoms with Gasteiger partial charge in [-0.1, -0.05) is 13.8 Å². The van der Waals surface area contributed by atoms with Crippen molar-refractivity contribution in [2.45, 2.75) is 27.2 Å². The molecular weight excluding hydrogens is 260 g/mol. The van der Waals surface area contributed by atoms with Crippen LogP contribution in [0.25, 0.3) is 0 Å². The molecule has 0 aliphatic heterocycles. The predicted octanol–water partition coefficient (Wildman–Crippen LogP) is 1.87. The van der Waals surface area contributed by atoms with Crippen LogP contribution in [0.4, 0.5) is 11.5 Å². The van der Waals surface area contributed by atoms with E-state index in [1.165, 1.54) is 6.20 Å². The number of pyridine rings is 1. The number of hydrogen-bond acceptors (Lipinski definition) is 5. The maximum Gasteiger partial charge on any atom is 0.314 e. The van der Waals surface area contributed by atoms with Crippen LogP contribution in [0.3, 0.4) is 0 Å². The summed E-state index contributed by atoms with van der Waals surface area (Å²) in [5.41, 5.74) is 0.492. The second kappa shape index (κ2) is 7.42. The van der Waals surface area contributed by atoms with Crippen molar-refractivity contribution >= 4 is 17.4 Å². The van der Waals surface area contributed by atoms with Crippen molar-refractivity contribution in [2.75, 3.05) is 18.4 Å². The molecule has 0 bridgehead atoms. The molecule has 0 unspecified atom stereocenters. The van der Waals surface area contributed by atoms with Gasteiger partial charge in [0.25, 0.3) is 0 Å². The highest BCUT2D eigenvalue weighted by atomic mass is 16.6. The highest BCUT2D eigenvalue weighted by Crippen LogP contribution is 2.25. The van der Waals surface area contributed by atoms with Crippen LogP contribution in [0.1, 0.15) is 25.8 Å². The first kappa shape index (κ1) is 15.9. The number of amides is 1. The molecule has 0 radical (unpaired) electrons. The number of aryl methyl sites for hydroxylation is 1. The Morgan fingerprint density at radius 3 is 2.80 bits per heavy atom. The highest BCUT2D eigenvalue weighted by molar-refractivity contribution is 5.76. The summed E-state index contributed by atoms with van der Waals surface area (Å²) in [6.45, 7) is 6.61. The Labute approximate surface area is 117 Å². The fraction of sp³-hybridized carbons (Fsp3) is 0.538. The van der Waals surface area contributed by atoms with E-state index in [1.54, 1.807) is 13.0 Å². The molecular formula is C13H20N4O3. The normalized spacial score (nSPS) is 10.4. The summed E-state index contributed by atoms with van der Waals surface area (Å²) in [6, 6.07) is 1.58. The standard InChI is InChI=1S/C13H20N4O3/c1-9(2)8-16-11(18)5-7-15-13-12(17(19)20)10(3)4-6-14-13/h4,6,9H,5,7-8H2,1-3H3,(H,14,15)(H,16,18). The van der Waals surface area contributed by atoms with Gasteiger partial charge in [0.15, 0.2) is 0 Å². The van der Waals surface area contributed by atoms with Crippen molar-refractivity contribution < 1.29 is 9.72 Å². The minimum Gasteiger partial charge on any atom is -0.364 e. The number of nitro groups is 1. The Morgan fingerprint density at radius 2 is 2.20 bits per heavy atom. The summed E-state index contributed by atoms with van der Waals surface area (Å²) < 4.78 is 0. The molecule has 1 amide bonds. The quantitative estimate of drug-likeness (QED) is 0.587. The molecule has 0 aromatic carbocycles. The first-order valence-electron chi connectivity index (χ1n) is 6.52. The maximum atomic E-state index is 11.5. The number of rotatable bonds is 7. The third-order valence-corrected chi connectivity index (χ3v) is 2.66. The van der Waals surface area contributed by atoms with Crippen molar-refractivity contribution in [1.29, 1.82) is 0 Å². The van der Waals surface area contributed by atoms with E-state index in [2.05, 4.69) is 15.6 Å². The van der Waals surface area contributed by atoms with Gasteiger partial charge in [0, 0.05) is 31.3 Å². The molecule has 0 saturated heterocycles. The van der Waals surface area contributed by atoms with Crippen LogP contribution in [0.2, 0.25) is 0 Å². The average Bonchev–Trinajstić information content (AvgIpc) is 2.36. The van der Waals surface area contributed by atoms with Crippen molar-refractivity contribution in [1.82, 2.24) is 10.3 Å². The van der Waals surface area contributed by atoms with Gasteiger partial charge in [-0.05, 0) is 18.9 Å². The van der Waals surface area contributed by atoms with Gasteiger partial charge in [-0.15, -0.1) is 0 Å². The summed E-state index contributed by atoms with van der Waals surface area (Å²) in [5, 5.41) is 16.6. The zero-order valence-electron chi connectivity index (χ0n) is 12.0. The van der Waals surface area contributed by atoms with E-state index < -0.39 is 4.92 Å². The van der Waals surface area contributed by atoms with Crippen LogP contribution in [-0.4, -0.2) is 28.9 Å². The summed E-state index contributed by atoms with van der Waals surface area (Å²) in [7, 11) is 0. The van der Waals surface area contributed by atoms with Crippen LogP contribution < -0.4 is 10.6 Å². The molecule has 0 aliphatic carbocycles. The molecule has 1 aromatic heterocycles. The summed E-state index contributed by atoms with van der Waals surface area (Å²) >= 11 is 0. The summed E-state index contributed by atoms with van der Waals surface area (Å²) in [6.07, 6.45) is 1.75. The molecule has 7 nitrogen and oxygen atoms in total. The molecule has 20 heavy (non-hydrogen) atoms. The fourth-order valence-corrected chi connectivity index (χ4v) is 1.61. The van der Waals surface area contributed by atoms with Crippen molar-refractivity contribution in [3.05, 3.63) is 27.9 Å². The van der Waals surface area contributed by atoms with Gasteiger partial charge in [-0.25, -0.2) is 4.98 Å². The molecule has 110 valence electrons. The molecule has 1 heterocycles. The molecule has 1 aromatic rings. The minimum absolute atomic E-state index is 0.0462. The Kier molecular flexibility index (Phi) is 5.89. The lowest BCUT2D eigenvalue weighted by Crippen LogP contribution is -2.28. The van der Waals surface area contributed by atoms with Gasteiger partial charge in [-0.2, -0.15) is 0 Å². The van der Waals surface area contributed by atoms with E-state index in [4.69, 9.17) is 0 Å². The molecule has 0 fully saturated rings. The van der Waals surface area contributed by atoms with E-state index >= 15 is 0 Å². The highest BCUT2D eigenvalue weighted by Gasteiger charge is 2.18. The van der Waals surface area contributed by atoms with Crippen molar-refractivity contribution in [2.24, 2.45) is 5.92 Å². The Balaban J connectivity index is 2.52. The van der Waals surface area contributed by atoms with Gasteiger partial charge in [0.1, 0.15) is 0 Å².